The van der Waals surface area contributed by atoms with Crippen molar-refractivity contribution in [3.8, 4) is 0 Å². The van der Waals surface area contributed by atoms with Crippen LogP contribution in [0.25, 0.3) is 0 Å². The van der Waals surface area contributed by atoms with Gasteiger partial charge in [0.25, 0.3) is 0 Å². The first-order valence-corrected chi connectivity index (χ1v) is 1.32. The van der Waals surface area contributed by atoms with Crippen molar-refractivity contribution >= 4 is 0 Å². The maximum atomic E-state index is 4.47. The second-order valence-electron chi connectivity index (χ2n) is 0.676. The summed E-state index contributed by atoms with van der Waals surface area (Å²) < 4.78 is 4.47. The van der Waals surface area contributed by atoms with E-state index in [0.717, 1.165) is 0 Å². The summed E-state index contributed by atoms with van der Waals surface area (Å²) in [4.78, 5) is 3.56. The van der Waals surface area contributed by atoms with E-state index in [0.29, 0.717) is 0 Å². The zero-order valence-corrected chi connectivity index (χ0v) is 3.59. The van der Waals surface area contributed by atoms with Crippen molar-refractivity contribution < 1.29 is 24.7 Å². The van der Waals surface area contributed by atoms with E-state index < -0.39 is 0 Å². The third-order valence-corrected chi connectivity index (χ3v) is 0.347. The zero-order valence-electron chi connectivity index (χ0n) is 4.59. The Morgan fingerprint density at radius 1 is 1.67 bits per heavy atom. The van der Waals surface area contributed by atoms with Crippen molar-refractivity contribution in [2.24, 2.45) is 0 Å². The molecule has 1 heterocycles. The van der Waals surface area contributed by atoms with Gasteiger partial charge >= 0.3 is 18.9 Å². The Balaban J connectivity index is 0. The topological polar surface area (TPSA) is 26.0 Å². The molecule has 0 unspecified atom stereocenters. The van der Waals surface area contributed by atoms with Crippen LogP contribution in [0.15, 0.2) is 23.3 Å². The van der Waals surface area contributed by atoms with E-state index in [1.54, 1.807) is 6.20 Å². The number of aromatic nitrogens is 1. The summed E-state index contributed by atoms with van der Waals surface area (Å²) >= 11 is 0. The predicted molar refractivity (Wildman–Crippen MR) is 17.6 cm³/mol. The number of oxazole rings is 1. The molecule has 1 aromatic heterocycles. The average Bonchev–Trinajstić information content (AvgIpc) is 1.76. The first-order chi connectivity index (χ1) is 2.50. The van der Waals surface area contributed by atoms with E-state index in [2.05, 4.69) is 9.40 Å². The number of nitrogens with zero attached hydrogens (tertiary/aromatic N) is 1. The zero-order chi connectivity index (χ0) is 3.54. The molecule has 6 heavy (non-hydrogen) atoms. The summed E-state index contributed by atoms with van der Waals surface area (Å²) in [6.07, 6.45) is 4.47. The van der Waals surface area contributed by atoms with Crippen molar-refractivity contribution in [2.45, 2.75) is 0 Å². The number of hydrogen-bond acceptors (Lipinski definition) is 2. The summed E-state index contributed by atoms with van der Waals surface area (Å²) in [5.41, 5.74) is 0. The van der Waals surface area contributed by atoms with E-state index in [9.17, 15) is 0 Å². The molecule has 0 bridgehead atoms. The monoisotopic (exact) mass is 77.0 g/mol. The van der Waals surface area contributed by atoms with E-state index in [4.69, 9.17) is 0 Å². The summed E-state index contributed by atoms with van der Waals surface area (Å²) in [6.45, 7) is 0. The van der Waals surface area contributed by atoms with Crippen LogP contribution in [-0.2, 0) is 0 Å². The minimum absolute atomic E-state index is 0. The Hall–Kier alpha value is -0.193. The van der Waals surface area contributed by atoms with Gasteiger partial charge in [-0.1, -0.05) is 0 Å². The molecule has 0 aliphatic heterocycles. The van der Waals surface area contributed by atoms with Crippen LogP contribution in [0.2, 0.25) is 0 Å². The molecule has 28 valence electrons. The summed E-state index contributed by atoms with van der Waals surface area (Å²) in [5.74, 6) is 0. The fourth-order valence-corrected chi connectivity index (χ4v) is 0.176. The van der Waals surface area contributed by atoms with Crippen LogP contribution in [-0.4, -0.2) is 4.98 Å². The van der Waals surface area contributed by atoms with Gasteiger partial charge in [-0.05, 0) is 0 Å². The van der Waals surface area contributed by atoms with Gasteiger partial charge in [0.15, 0.2) is 6.39 Å². The third kappa shape index (κ3) is 1.30. The van der Waals surface area contributed by atoms with Crippen LogP contribution in [0, 0.1) is 0 Å². The fraction of sp³-hybridized carbons (Fsp3) is 0. The standard InChI is InChI=1S/C3H3NO.Li.H/c1-2-5-3-4-1;;/h1-3H;;/q;+1;-1. The van der Waals surface area contributed by atoms with Gasteiger partial charge < -0.3 is 5.84 Å². The summed E-state index contributed by atoms with van der Waals surface area (Å²) in [7, 11) is 0. The molecule has 1 rings (SSSR count). The second-order valence-corrected chi connectivity index (χ2v) is 0.676. The Labute approximate surface area is 49.2 Å². The first-order valence-electron chi connectivity index (χ1n) is 1.32. The van der Waals surface area contributed by atoms with Gasteiger partial charge in [0.05, 0.1) is 6.20 Å². The Morgan fingerprint density at radius 2 is 2.50 bits per heavy atom. The van der Waals surface area contributed by atoms with Crippen molar-refractivity contribution in [1.82, 2.24) is 4.98 Å². The van der Waals surface area contributed by atoms with Crippen molar-refractivity contribution in [2.75, 3.05) is 0 Å². The first kappa shape index (κ1) is 5.81. The minimum Gasteiger partial charge on any atom is -1.00 e. The molecule has 3 heteroatoms. The Morgan fingerprint density at radius 3 is 2.67 bits per heavy atom. The quantitative estimate of drug-likeness (QED) is 0.328. The molecular weight excluding hydrogens is 73.0 g/mol. The molecule has 0 N–H and O–H groups in total. The third-order valence-electron chi connectivity index (χ3n) is 0.347. The summed E-state index contributed by atoms with van der Waals surface area (Å²) in [5, 5.41) is 0. The molecule has 0 atom stereocenters. The minimum atomic E-state index is 0. The van der Waals surface area contributed by atoms with Gasteiger partial charge in [0.1, 0.15) is 6.26 Å². The van der Waals surface area contributed by atoms with Crippen molar-refractivity contribution in [1.29, 1.82) is 0 Å². The smallest absolute Gasteiger partial charge is 1.00 e. The molecule has 0 aromatic carbocycles. The molecule has 0 aliphatic carbocycles. The molecule has 1 aromatic rings. The van der Waals surface area contributed by atoms with E-state index in [1.165, 1.54) is 12.7 Å². The largest absolute Gasteiger partial charge is 1.00 e. The maximum absolute atomic E-state index is 4.47. The summed E-state index contributed by atoms with van der Waals surface area (Å²) in [6, 6.07) is 0. The fourth-order valence-electron chi connectivity index (χ4n) is 0.176. The van der Waals surface area contributed by atoms with Crippen LogP contribution in [0.3, 0.4) is 0 Å². The van der Waals surface area contributed by atoms with Crippen LogP contribution >= 0.6 is 0 Å². The van der Waals surface area contributed by atoms with E-state index in [-0.39, 0.29) is 20.3 Å². The maximum Gasteiger partial charge on any atom is 1.00 e. The van der Waals surface area contributed by atoms with Gasteiger partial charge in [0.2, 0.25) is 0 Å². The van der Waals surface area contributed by atoms with Gasteiger partial charge in [-0.3, -0.25) is 0 Å². The molecular formula is C3H4LiNO. The number of rotatable bonds is 0. The van der Waals surface area contributed by atoms with Crippen molar-refractivity contribution in [3.63, 3.8) is 0 Å². The molecule has 0 saturated carbocycles. The second kappa shape index (κ2) is 3.02. The molecule has 2 nitrogen and oxygen atoms in total. The normalized spacial score (nSPS) is 6.67. The molecule has 0 spiro atoms. The van der Waals surface area contributed by atoms with Crippen LogP contribution in [0.1, 0.15) is 1.43 Å². The predicted octanol–water partition coefficient (Wildman–Crippen LogP) is -2.21. The van der Waals surface area contributed by atoms with Crippen LogP contribution in [0.5, 0.6) is 0 Å². The van der Waals surface area contributed by atoms with Gasteiger partial charge in [-0.25, -0.2) is 4.98 Å². The average molecular weight is 77.0 g/mol. The van der Waals surface area contributed by atoms with E-state index >= 15 is 0 Å². The Bertz CT molecular complexity index is 71.4. The Kier molecular flexibility index (Phi) is 2.92. The van der Waals surface area contributed by atoms with E-state index in [1.807, 2.05) is 0 Å². The number of hydrogen-bond donors (Lipinski definition) is 0. The van der Waals surface area contributed by atoms with Gasteiger partial charge in [-0.2, -0.15) is 0 Å². The molecule has 0 fully saturated rings. The molecule has 0 saturated heterocycles. The SMILES string of the molecule is [H-].[Li+].c1cocn1. The molecule has 0 amide bonds. The van der Waals surface area contributed by atoms with Gasteiger partial charge in [0, 0.05) is 0 Å². The molecule has 0 aliphatic rings. The van der Waals surface area contributed by atoms with Crippen molar-refractivity contribution in [3.05, 3.63) is 18.9 Å². The van der Waals surface area contributed by atoms with Gasteiger partial charge in [-0.15, -0.1) is 0 Å². The van der Waals surface area contributed by atoms with Crippen LogP contribution in [0.4, 0.5) is 0 Å². The molecule has 0 radical (unpaired) electrons. The van der Waals surface area contributed by atoms with Crippen LogP contribution < -0.4 is 18.9 Å².